The van der Waals surface area contributed by atoms with Gasteiger partial charge in [-0.2, -0.15) is 0 Å². The minimum atomic E-state index is -0.372. The van der Waals surface area contributed by atoms with Crippen LogP contribution in [0.3, 0.4) is 0 Å². The number of nitrogens with one attached hydrogen (secondary N) is 2. The highest BCUT2D eigenvalue weighted by Crippen LogP contribution is 2.19. The molecule has 1 aromatic heterocycles. The summed E-state index contributed by atoms with van der Waals surface area (Å²) in [6, 6.07) is 4.52. The number of hydrogen-bond donors (Lipinski definition) is 2. The summed E-state index contributed by atoms with van der Waals surface area (Å²) in [5.74, 6) is -0.610. The summed E-state index contributed by atoms with van der Waals surface area (Å²) in [6.45, 7) is 2.78. The second kappa shape index (κ2) is 7.83. The fourth-order valence-electron chi connectivity index (χ4n) is 2.56. The first kappa shape index (κ1) is 17.7. The first-order valence-corrected chi connectivity index (χ1v) is 8.97. The lowest BCUT2D eigenvalue weighted by Crippen LogP contribution is -2.25. The number of hydrogen-bond acceptors (Lipinski definition) is 5. The zero-order valence-electron chi connectivity index (χ0n) is 13.8. The maximum Gasteiger partial charge on any atom is 0.344 e. The molecule has 2 heterocycles. The number of benzene rings is 1. The van der Waals surface area contributed by atoms with Crippen molar-refractivity contribution in [3.8, 4) is 0 Å². The van der Waals surface area contributed by atoms with Crippen molar-refractivity contribution < 1.29 is 13.9 Å². The second-order valence-corrected chi connectivity index (χ2v) is 6.80. The van der Waals surface area contributed by atoms with Gasteiger partial charge in [0.05, 0.1) is 18.4 Å². The van der Waals surface area contributed by atoms with E-state index in [1.54, 1.807) is 19.1 Å². The SMILES string of the molecule is Cc1ccc(NC(=O)CSc2n[nH]c(=O)n2C[C@@H]2CCCO2)cc1F. The standard InChI is InChI=1S/C16H19FN4O3S/c1-10-4-5-11(7-13(10)17)18-14(22)9-25-16-20-19-15(23)21(16)8-12-3-2-6-24-12/h4-5,7,12H,2-3,6,8-9H2,1H3,(H,18,22)(H,19,23)/t12-/m0/s1. The van der Waals surface area contributed by atoms with Gasteiger partial charge in [0, 0.05) is 12.3 Å². The van der Waals surface area contributed by atoms with Gasteiger partial charge in [0.2, 0.25) is 5.91 Å². The van der Waals surface area contributed by atoms with Gasteiger partial charge in [0.25, 0.3) is 0 Å². The summed E-state index contributed by atoms with van der Waals surface area (Å²) in [4.78, 5) is 23.9. The van der Waals surface area contributed by atoms with Crippen LogP contribution in [0.5, 0.6) is 0 Å². The molecule has 0 aliphatic carbocycles. The molecular formula is C16H19FN4O3S. The zero-order valence-corrected chi connectivity index (χ0v) is 14.6. The van der Waals surface area contributed by atoms with Crippen molar-refractivity contribution in [2.45, 2.75) is 37.6 Å². The third kappa shape index (κ3) is 4.49. The number of aromatic amines is 1. The van der Waals surface area contributed by atoms with E-state index >= 15 is 0 Å². The predicted octanol–water partition coefficient (Wildman–Crippen LogP) is 1.93. The van der Waals surface area contributed by atoms with Crippen LogP contribution in [-0.2, 0) is 16.1 Å². The highest BCUT2D eigenvalue weighted by Gasteiger charge is 2.20. The number of nitrogens with zero attached hydrogens (tertiary/aromatic N) is 2. The summed E-state index contributed by atoms with van der Waals surface area (Å²) in [5.41, 5.74) is 0.591. The van der Waals surface area contributed by atoms with Crippen molar-refractivity contribution in [3.05, 3.63) is 40.1 Å². The van der Waals surface area contributed by atoms with Crippen LogP contribution >= 0.6 is 11.8 Å². The quantitative estimate of drug-likeness (QED) is 0.763. The Labute approximate surface area is 148 Å². The second-order valence-electron chi connectivity index (χ2n) is 5.86. The molecule has 134 valence electrons. The normalized spacial score (nSPS) is 17.0. The van der Waals surface area contributed by atoms with Crippen molar-refractivity contribution in [1.29, 1.82) is 0 Å². The summed E-state index contributed by atoms with van der Waals surface area (Å²) >= 11 is 1.15. The van der Waals surface area contributed by atoms with Crippen LogP contribution in [0.15, 0.2) is 28.2 Å². The van der Waals surface area contributed by atoms with Gasteiger partial charge in [-0.1, -0.05) is 17.8 Å². The molecule has 3 rings (SSSR count). The molecule has 1 saturated heterocycles. The van der Waals surface area contributed by atoms with Crippen LogP contribution in [0.1, 0.15) is 18.4 Å². The lowest BCUT2D eigenvalue weighted by atomic mass is 10.2. The Kier molecular flexibility index (Phi) is 5.54. The number of aromatic nitrogens is 3. The first-order valence-electron chi connectivity index (χ1n) is 7.98. The van der Waals surface area contributed by atoms with Crippen molar-refractivity contribution >= 4 is 23.4 Å². The number of anilines is 1. The Morgan fingerprint density at radius 3 is 3.12 bits per heavy atom. The lowest BCUT2D eigenvalue weighted by Gasteiger charge is -2.11. The van der Waals surface area contributed by atoms with E-state index in [9.17, 15) is 14.0 Å². The molecule has 0 saturated carbocycles. The summed E-state index contributed by atoms with van der Waals surface area (Å²) < 4.78 is 20.5. The van der Waals surface area contributed by atoms with Crippen LogP contribution in [0.2, 0.25) is 0 Å². The highest BCUT2D eigenvalue weighted by molar-refractivity contribution is 7.99. The highest BCUT2D eigenvalue weighted by atomic mass is 32.2. The van der Waals surface area contributed by atoms with E-state index in [4.69, 9.17) is 4.74 Å². The summed E-state index contributed by atoms with van der Waals surface area (Å²) in [7, 11) is 0. The number of H-pyrrole nitrogens is 1. The van der Waals surface area contributed by atoms with E-state index in [0.717, 1.165) is 24.6 Å². The van der Waals surface area contributed by atoms with E-state index in [1.165, 1.54) is 10.6 Å². The molecule has 0 unspecified atom stereocenters. The van der Waals surface area contributed by atoms with Gasteiger partial charge in [-0.25, -0.2) is 14.3 Å². The molecule has 1 fully saturated rings. The van der Waals surface area contributed by atoms with Gasteiger partial charge in [-0.3, -0.25) is 9.36 Å². The Hall–Kier alpha value is -2.13. The molecule has 1 aliphatic rings. The van der Waals surface area contributed by atoms with Gasteiger partial charge in [-0.15, -0.1) is 5.10 Å². The van der Waals surface area contributed by atoms with Gasteiger partial charge < -0.3 is 10.1 Å². The van der Waals surface area contributed by atoms with E-state index in [1.807, 2.05) is 0 Å². The maximum absolute atomic E-state index is 13.5. The molecular weight excluding hydrogens is 347 g/mol. The number of rotatable bonds is 6. The van der Waals surface area contributed by atoms with Crippen LogP contribution in [-0.4, -0.2) is 39.1 Å². The smallest absolute Gasteiger partial charge is 0.344 e. The molecule has 0 radical (unpaired) electrons. The maximum atomic E-state index is 13.5. The Morgan fingerprint density at radius 1 is 1.56 bits per heavy atom. The van der Waals surface area contributed by atoms with Crippen LogP contribution in [0.4, 0.5) is 10.1 Å². The Bertz CT molecular complexity index is 814. The third-order valence-corrected chi connectivity index (χ3v) is 4.90. The molecule has 0 spiro atoms. The number of carbonyl (C=O) groups is 1. The first-order chi connectivity index (χ1) is 12.0. The topological polar surface area (TPSA) is 89.0 Å². The van der Waals surface area contributed by atoms with Gasteiger partial charge in [0.15, 0.2) is 5.16 Å². The van der Waals surface area contributed by atoms with E-state index in [2.05, 4.69) is 15.5 Å². The van der Waals surface area contributed by atoms with Gasteiger partial charge >= 0.3 is 5.69 Å². The Balaban J connectivity index is 1.58. The number of thioether (sulfide) groups is 1. The molecule has 9 heteroatoms. The van der Waals surface area contributed by atoms with E-state index in [-0.39, 0.29) is 29.3 Å². The average molecular weight is 366 g/mol. The monoisotopic (exact) mass is 366 g/mol. The fourth-order valence-corrected chi connectivity index (χ4v) is 3.32. The van der Waals surface area contributed by atoms with Crippen LogP contribution in [0, 0.1) is 12.7 Å². The molecule has 2 aromatic rings. The number of halogens is 1. The molecule has 7 nitrogen and oxygen atoms in total. The number of amides is 1. The summed E-state index contributed by atoms with van der Waals surface area (Å²) in [5, 5.41) is 9.42. The minimum Gasteiger partial charge on any atom is -0.376 e. The Morgan fingerprint density at radius 2 is 2.40 bits per heavy atom. The van der Waals surface area contributed by atoms with Crippen molar-refractivity contribution in [2.75, 3.05) is 17.7 Å². The van der Waals surface area contributed by atoms with Gasteiger partial charge in [0.1, 0.15) is 5.82 Å². The molecule has 1 atom stereocenters. The number of ether oxygens (including phenoxy) is 1. The summed E-state index contributed by atoms with van der Waals surface area (Å²) in [6.07, 6.45) is 1.88. The third-order valence-electron chi connectivity index (χ3n) is 3.92. The molecule has 1 amide bonds. The van der Waals surface area contributed by atoms with Crippen molar-refractivity contribution in [2.24, 2.45) is 0 Å². The lowest BCUT2D eigenvalue weighted by molar-refractivity contribution is -0.113. The molecule has 1 aliphatic heterocycles. The average Bonchev–Trinajstić information content (AvgIpc) is 3.21. The van der Waals surface area contributed by atoms with E-state index < -0.39 is 0 Å². The minimum absolute atomic E-state index is 0.000917. The molecule has 1 aromatic carbocycles. The van der Waals surface area contributed by atoms with Crippen molar-refractivity contribution in [3.63, 3.8) is 0 Å². The largest absolute Gasteiger partial charge is 0.376 e. The molecule has 0 bridgehead atoms. The molecule has 25 heavy (non-hydrogen) atoms. The zero-order chi connectivity index (χ0) is 17.8. The van der Waals surface area contributed by atoms with Gasteiger partial charge in [-0.05, 0) is 37.5 Å². The van der Waals surface area contributed by atoms with Crippen molar-refractivity contribution in [1.82, 2.24) is 14.8 Å². The molecule has 2 N–H and O–H groups in total. The predicted molar refractivity (Wildman–Crippen MR) is 92.3 cm³/mol. The van der Waals surface area contributed by atoms with Crippen LogP contribution < -0.4 is 11.0 Å². The van der Waals surface area contributed by atoms with Crippen LogP contribution in [0.25, 0.3) is 0 Å². The fraction of sp³-hybridized carbons (Fsp3) is 0.438. The van der Waals surface area contributed by atoms with E-state index in [0.29, 0.717) is 29.6 Å². The number of carbonyl (C=O) groups excluding carboxylic acids is 1. The number of aryl methyl sites for hydroxylation is 1.